The summed E-state index contributed by atoms with van der Waals surface area (Å²) >= 11 is 3.32. The van der Waals surface area contributed by atoms with Crippen LogP contribution < -0.4 is 4.90 Å². The summed E-state index contributed by atoms with van der Waals surface area (Å²) in [6.07, 6.45) is 0.852. The monoisotopic (exact) mass is 310 g/mol. The molecular weight excluding hydrogens is 296 g/mol. The molecule has 1 unspecified atom stereocenters. The molecular formula is C13H15BrN2O2. The standard InChI is InChI=1S/C13H15BrN2O2/c1-3-9(2)16(8-13(17)18)11-5-4-10(7-15)12(14)6-11/h4-6,9H,3,8H2,1-2H3,(H,17,18). The molecule has 1 aromatic carbocycles. The van der Waals surface area contributed by atoms with Crippen LogP contribution in [0.2, 0.25) is 0 Å². The average Bonchev–Trinajstić information content (AvgIpc) is 2.34. The van der Waals surface area contributed by atoms with Crippen molar-refractivity contribution >= 4 is 27.6 Å². The van der Waals surface area contributed by atoms with Gasteiger partial charge in [-0.25, -0.2) is 0 Å². The van der Waals surface area contributed by atoms with Crippen molar-refractivity contribution < 1.29 is 9.90 Å². The minimum absolute atomic E-state index is 0.0483. The van der Waals surface area contributed by atoms with Gasteiger partial charge in [0.05, 0.1) is 5.56 Å². The summed E-state index contributed by atoms with van der Waals surface area (Å²) in [7, 11) is 0. The van der Waals surface area contributed by atoms with Crippen LogP contribution in [0.3, 0.4) is 0 Å². The van der Waals surface area contributed by atoms with E-state index < -0.39 is 5.97 Å². The number of halogens is 1. The summed E-state index contributed by atoms with van der Waals surface area (Å²) in [5, 5.41) is 17.8. The number of carbonyl (C=O) groups is 1. The number of aliphatic carboxylic acids is 1. The minimum Gasteiger partial charge on any atom is -0.480 e. The lowest BCUT2D eigenvalue weighted by molar-refractivity contribution is -0.135. The molecule has 0 spiro atoms. The Labute approximate surface area is 115 Å². The van der Waals surface area contributed by atoms with Crippen molar-refractivity contribution in [3.63, 3.8) is 0 Å². The lowest BCUT2D eigenvalue weighted by atomic mass is 10.1. The molecule has 0 saturated heterocycles. The summed E-state index contributed by atoms with van der Waals surface area (Å²) in [5.41, 5.74) is 1.34. The van der Waals surface area contributed by atoms with Gasteiger partial charge in [0.25, 0.3) is 0 Å². The second-order valence-electron chi connectivity index (χ2n) is 4.05. The smallest absolute Gasteiger partial charge is 0.323 e. The maximum absolute atomic E-state index is 10.9. The largest absolute Gasteiger partial charge is 0.480 e. The third-order valence-corrected chi connectivity index (χ3v) is 3.49. The van der Waals surface area contributed by atoms with E-state index in [1.807, 2.05) is 18.7 Å². The van der Waals surface area contributed by atoms with E-state index in [9.17, 15) is 4.79 Å². The number of carboxylic acids is 1. The molecule has 0 heterocycles. The molecule has 0 bridgehead atoms. The highest BCUT2D eigenvalue weighted by Crippen LogP contribution is 2.25. The third-order valence-electron chi connectivity index (χ3n) is 2.83. The lowest BCUT2D eigenvalue weighted by Crippen LogP contribution is -2.37. The molecule has 0 aliphatic carbocycles. The summed E-state index contributed by atoms with van der Waals surface area (Å²) < 4.78 is 0.682. The SMILES string of the molecule is CCC(C)N(CC(=O)O)c1ccc(C#N)c(Br)c1. The molecule has 0 aliphatic rings. The zero-order chi connectivity index (χ0) is 13.7. The van der Waals surface area contributed by atoms with E-state index in [4.69, 9.17) is 10.4 Å². The van der Waals surface area contributed by atoms with Crippen LogP contribution in [0.1, 0.15) is 25.8 Å². The van der Waals surface area contributed by atoms with Gasteiger partial charge in [-0.3, -0.25) is 4.79 Å². The van der Waals surface area contributed by atoms with Crippen LogP contribution in [-0.4, -0.2) is 23.7 Å². The molecule has 1 rings (SSSR count). The number of nitriles is 1. The van der Waals surface area contributed by atoms with Crippen molar-refractivity contribution in [2.45, 2.75) is 26.3 Å². The Morgan fingerprint density at radius 3 is 2.72 bits per heavy atom. The molecule has 4 nitrogen and oxygen atoms in total. The van der Waals surface area contributed by atoms with E-state index in [0.29, 0.717) is 10.0 Å². The van der Waals surface area contributed by atoms with Crippen LogP contribution in [0.15, 0.2) is 22.7 Å². The molecule has 5 heteroatoms. The van der Waals surface area contributed by atoms with E-state index in [1.165, 1.54) is 0 Å². The lowest BCUT2D eigenvalue weighted by Gasteiger charge is -2.29. The summed E-state index contributed by atoms with van der Waals surface area (Å²) in [4.78, 5) is 12.7. The topological polar surface area (TPSA) is 64.3 Å². The maximum Gasteiger partial charge on any atom is 0.323 e. The first kappa shape index (κ1) is 14.5. The number of hydrogen-bond donors (Lipinski definition) is 1. The Balaban J connectivity index is 3.09. The second kappa shape index (κ2) is 6.41. The number of rotatable bonds is 5. The fourth-order valence-corrected chi connectivity index (χ4v) is 2.10. The van der Waals surface area contributed by atoms with Crippen LogP contribution in [-0.2, 0) is 4.79 Å². The van der Waals surface area contributed by atoms with Crippen LogP contribution in [0.4, 0.5) is 5.69 Å². The van der Waals surface area contributed by atoms with Crippen molar-refractivity contribution in [3.8, 4) is 6.07 Å². The first-order valence-corrected chi connectivity index (χ1v) is 6.47. The molecule has 0 aliphatic heterocycles. The molecule has 0 saturated carbocycles. The number of hydrogen-bond acceptors (Lipinski definition) is 3. The van der Waals surface area contributed by atoms with Crippen LogP contribution >= 0.6 is 15.9 Å². The van der Waals surface area contributed by atoms with Crippen LogP contribution in [0.25, 0.3) is 0 Å². The van der Waals surface area contributed by atoms with Gasteiger partial charge in [-0.2, -0.15) is 5.26 Å². The van der Waals surface area contributed by atoms with Gasteiger partial charge in [0.1, 0.15) is 12.6 Å². The van der Waals surface area contributed by atoms with Crippen molar-refractivity contribution in [1.29, 1.82) is 5.26 Å². The van der Waals surface area contributed by atoms with Crippen molar-refractivity contribution in [2.24, 2.45) is 0 Å². The van der Waals surface area contributed by atoms with Gasteiger partial charge in [0.2, 0.25) is 0 Å². The first-order valence-electron chi connectivity index (χ1n) is 5.67. The molecule has 1 N–H and O–H groups in total. The number of nitrogens with zero attached hydrogens (tertiary/aromatic N) is 2. The average molecular weight is 311 g/mol. The van der Waals surface area contributed by atoms with Crippen LogP contribution in [0, 0.1) is 11.3 Å². The fourth-order valence-electron chi connectivity index (χ4n) is 1.64. The van der Waals surface area contributed by atoms with E-state index in [0.717, 1.165) is 12.1 Å². The predicted octanol–water partition coefficient (Wildman–Crippen LogP) is 3.01. The Morgan fingerprint density at radius 2 is 2.28 bits per heavy atom. The Kier molecular flexibility index (Phi) is 5.17. The zero-order valence-corrected chi connectivity index (χ0v) is 11.9. The van der Waals surface area contributed by atoms with Gasteiger partial charge in [-0.15, -0.1) is 0 Å². The summed E-state index contributed by atoms with van der Waals surface area (Å²) in [6, 6.07) is 7.44. The molecule has 18 heavy (non-hydrogen) atoms. The molecule has 1 atom stereocenters. The van der Waals surface area contributed by atoms with Gasteiger partial charge in [0, 0.05) is 16.2 Å². The Hall–Kier alpha value is -1.54. The van der Waals surface area contributed by atoms with E-state index in [1.54, 1.807) is 18.2 Å². The molecule has 0 fully saturated rings. The number of carboxylic acid groups (broad SMARTS) is 1. The van der Waals surface area contributed by atoms with Crippen molar-refractivity contribution in [1.82, 2.24) is 0 Å². The quantitative estimate of drug-likeness (QED) is 0.908. The van der Waals surface area contributed by atoms with E-state index >= 15 is 0 Å². The van der Waals surface area contributed by atoms with E-state index in [-0.39, 0.29) is 12.6 Å². The van der Waals surface area contributed by atoms with Gasteiger partial charge in [-0.05, 0) is 47.5 Å². The number of anilines is 1. The van der Waals surface area contributed by atoms with Crippen molar-refractivity contribution in [2.75, 3.05) is 11.4 Å². The molecule has 0 amide bonds. The third kappa shape index (κ3) is 3.47. The first-order chi connectivity index (χ1) is 8.49. The van der Waals surface area contributed by atoms with Gasteiger partial charge in [0.15, 0.2) is 0 Å². The molecule has 0 aromatic heterocycles. The van der Waals surface area contributed by atoms with Crippen LogP contribution in [0.5, 0.6) is 0 Å². The van der Waals surface area contributed by atoms with E-state index in [2.05, 4.69) is 22.0 Å². The highest BCUT2D eigenvalue weighted by atomic mass is 79.9. The normalized spacial score (nSPS) is 11.7. The zero-order valence-electron chi connectivity index (χ0n) is 10.4. The molecule has 1 aromatic rings. The summed E-state index contributed by atoms with van der Waals surface area (Å²) in [6.45, 7) is 3.95. The number of benzene rings is 1. The van der Waals surface area contributed by atoms with Gasteiger partial charge in [-0.1, -0.05) is 6.92 Å². The van der Waals surface area contributed by atoms with Gasteiger partial charge < -0.3 is 10.0 Å². The molecule has 96 valence electrons. The Bertz CT molecular complexity index is 482. The fraction of sp³-hybridized carbons (Fsp3) is 0.385. The Morgan fingerprint density at radius 1 is 1.61 bits per heavy atom. The predicted molar refractivity (Wildman–Crippen MR) is 73.6 cm³/mol. The highest BCUT2D eigenvalue weighted by molar-refractivity contribution is 9.10. The molecule has 0 radical (unpaired) electrons. The maximum atomic E-state index is 10.9. The second-order valence-corrected chi connectivity index (χ2v) is 4.91. The van der Waals surface area contributed by atoms with Gasteiger partial charge >= 0.3 is 5.97 Å². The van der Waals surface area contributed by atoms with Crippen molar-refractivity contribution in [3.05, 3.63) is 28.2 Å². The highest BCUT2D eigenvalue weighted by Gasteiger charge is 2.17. The minimum atomic E-state index is -0.865. The summed E-state index contributed by atoms with van der Waals surface area (Å²) in [5.74, 6) is -0.865.